The maximum absolute atomic E-state index is 3.49. The number of hydrogen-bond donors (Lipinski definition) is 1. The van der Waals surface area contributed by atoms with Gasteiger partial charge in [-0.05, 0) is 45.9 Å². The van der Waals surface area contributed by atoms with Crippen LogP contribution in [0.2, 0.25) is 0 Å². The van der Waals surface area contributed by atoms with Crippen LogP contribution in [0.15, 0.2) is 0 Å². The van der Waals surface area contributed by atoms with Crippen molar-refractivity contribution < 1.29 is 0 Å². The molecule has 2 heteroatoms. The van der Waals surface area contributed by atoms with Gasteiger partial charge in [0.25, 0.3) is 0 Å². The lowest BCUT2D eigenvalue weighted by Gasteiger charge is -2.41. The second-order valence-corrected chi connectivity index (χ2v) is 3.82. The second-order valence-electron chi connectivity index (χ2n) is 3.82. The van der Waals surface area contributed by atoms with Gasteiger partial charge in [0.1, 0.15) is 0 Å². The van der Waals surface area contributed by atoms with Crippen LogP contribution in [0.5, 0.6) is 0 Å². The van der Waals surface area contributed by atoms with E-state index in [1.54, 1.807) is 0 Å². The van der Waals surface area contributed by atoms with Gasteiger partial charge in [-0.25, -0.2) is 0 Å². The fourth-order valence-corrected chi connectivity index (χ4v) is 2.08. The Morgan fingerprint density at radius 2 is 1.83 bits per heavy atom. The van der Waals surface area contributed by atoms with E-state index in [0.29, 0.717) is 5.54 Å². The number of piperidine rings is 1. The number of nitrogens with one attached hydrogen (secondary N) is 1. The molecule has 0 spiro atoms. The standard InChI is InChI=1S/C10H22N2/c1-4-10(11-3)6-8-12(5-2)9-7-10/h11H,4-9H2,1-3H3. The van der Waals surface area contributed by atoms with E-state index >= 15 is 0 Å². The third-order valence-electron chi connectivity index (χ3n) is 3.47. The van der Waals surface area contributed by atoms with Gasteiger partial charge in [-0.1, -0.05) is 13.8 Å². The average molecular weight is 170 g/mol. The highest BCUT2D eigenvalue weighted by atomic mass is 15.1. The lowest BCUT2D eigenvalue weighted by molar-refractivity contribution is 0.142. The van der Waals surface area contributed by atoms with Crippen LogP contribution >= 0.6 is 0 Å². The van der Waals surface area contributed by atoms with Gasteiger partial charge in [-0.2, -0.15) is 0 Å². The van der Waals surface area contributed by atoms with Crippen LogP contribution in [0.25, 0.3) is 0 Å². The number of likely N-dealkylation sites (tertiary alicyclic amines) is 1. The maximum Gasteiger partial charge on any atom is 0.0200 e. The van der Waals surface area contributed by atoms with Crippen molar-refractivity contribution in [1.29, 1.82) is 0 Å². The van der Waals surface area contributed by atoms with Gasteiger partial charge in [-0.15, -0.1) is 0 Å². The smallest absolute Gasteiger partial charge is 0.0200 e. The van der Waals surface area contributed by atoms with Crippen molar-refractivity contribution >= 4 is 0 Å². The van der Waals surface area contributed by atoms with Crippen LogP contribution in [-0.2, 0) is 0 Å². The molecular formula is C10H22N2. The van der Waals surface area contributed by atoms with Crippen LogP contribution in [0.1, 0.15) is 33.1 Å². The molecule has 0 amide bonds. The Kier molecular flexibility index (Phi) is 3.53. The van der Waals surface area contributed by atoms with Gasteiger partial charge in [0.15, 0.2) is 0 Å². The normalized spacial score (nSPS) is 24.2. The summed E-state index contributed by atoms with van der Waals surface area (Å²) in [6.07, 6.45) is 3.89. The Labute approximate surface area is 76.3 Å². The van der Waals surface area contributed by atoms with Crippen LogP contribution in [-0.4, -0.2) is 37.1 Å². The van der Waals surface area contributed by atoms with Crippen LogP contribution in [0.3, 0.4) is 0 Å². The van der Waals surface area contributed by atoms with E-state index in [1.165, 1.54) is 38.9 Å². The molecule has 0 bridgehead atoms. The minimum Gasteiger partial charge on any atom is -0.314 e. The van der Waals surface area contributed by atoms with Crippen molar-refractivity contribution in [3.8, 4) is 0 Å². The molecule has 2 nitrogen and oxygen atoms in total. The van der Waals surface area contributed by atoms with E-state index in [4.69, 9.17) is 0 Å². The zero-order chi connectivity index (χ0) is 9.03. The first-order valence-corrected chi connectivity index (χ1v) is 5.17. The lowest BCUT2D eigenvalue weighted by atomic mass is 9.85. The first-order valence-electron chi connectivity index (χ1n) is 5.17. The van der Waals surface area contributed by atoms with Crippen LogP contribution in [0.4, 0.5) is 0 Å². The lowest BCUT2D eigenvalue weighted by Crippen LogP contribution is -2.51. The Hall–Kier alpha value is -0.0800. The average Bonchev–Trinajstić information content (AvgIpc) is 2.18. The van der Waals surface area contributed by atoms with E-state index < -0.39 is 0 Å². The van der Waals surface area contributed by atoms with Crippen LogP contribution in [0, 0.1) is 0 Å². The van der Waals surface area contributed by atoms with Crippen LogP contribution < -0.4 is 5.32 Å². The minimum absolute atomic E-state index is 0.450. The van der Waals surface area contributed by atoms with Crippen molar-refractivity contribution in [2.45, 2.75) is 38.6 Å². The van der Waals surface area contributed by atoms with Gasteiger partial charge in [0.2, 0.25) is 0 Å². The summed E-state index contributed by atoms with van der Waals surface area (Å²) in [6, 6.07) is 0. The monoisotopic (exact) mass is 170 g/mol. The summed E-state index contributed by atoms with van der Waals surface area (Å²) in [5.41, 5.74) is 0.450. The SMILES string of the molecule is CCN1CCC(CC)(NC)CC1. The van der Waals surface area contributed by atoms with E-state index in [-0.39, 0.29) is 0 Å². The molecule has 0 radical (unpaired) electrons. The summed E-state index contributed by atoms with van der Waals surface area (Å²) in [5, 5.41) is 3.49. The molecule has 0 aromatic heterocycles. The molecular weight excluding hydrogens is 148 g/mol. The predicted octanol–water partition coefficient (Wildman–Crippen LogP) is 1.47. The highest BCUT2D eigenvalue weighted by Gasteiger charge is 2.30. The van der Waals surface area contributed by atoms with Crippen molar-refractivity contribution in [2.24, 2.45) is 0 Å². The zero-order valence-corrected chi connectivity index (χ0v) is 8.69. The molecule has 1 aliphatic heterocycles. The number of nitrogens with zero attached hydrogens (tertiary/aromatic N) is 1. The highest BCUT2D eigenvalue weighted by molar-refractivity contribution is 4.90. The predicted molar refractivity (Wildman–Crippen MR) is 53.4 cm³/mol. The Morgan fingerprint density at radius 3 is 2.17 bits per heavy atom. The summed E-state index contributed by atoms with van der Waals surface area (Å²) < 4.78 is 0. The molecule has 1 fully saturated rings. The minimum atomic E-state index is 0.450. The molecule has 1 rings (SSSR count). The molecule has 1 heterocycles. The van der Waals surface area contributed by atoms with Crippen molar-refractivity contribution in [2.75, 3.05) is 26.7 Å². The third kappa shape index (κ3) is 1.99. The van der Waals surface area contributed by atoms with E-state index in [9.17, 15) is 0 Å². The number of hydrogen-bond acceptors (Lipinski definition) is 2. The van der Waals surface area contributed by atoms with Crippen molar-refractivity contribution in [3.63, 3.8) is 0 Å². The summed E-state index contributed by atoms with van der Waals surface area (Å²) in [7, 11) is 2.10. The Bertz CT molecular complexity index is 120. The molecule has 0 aromatic carbocycles. The van der Waals surface area contributed by atoms with E-state index in [0.717, 1.165) is 0 Å². The molecule has 1 saturated heterocycles. The molecule has 72 valence electrons. The maximum atomic E-state index is 3.49. The van der Waals surface area contributed by atoms with Crippen molar-refractivity contribution in [1.82, 2.24) is 10.2 Å². The second kappa shape index (κ2) is 4.24. The molecule has 1 aliphatic rings. The molecule has 0 aliphatic carbocycles. The zero-order valence-electron chi connectivity index (χ0n) is 8.69. The Morgan fingerprint density at radius 1 is 1.25 bits per heavy atom. The first-order chi connectivity index (χ1) is 5.76. The fraction of sp³-hybridized carbons (Fsp3) is 1.00. The topological polar surface area (TPSA) is 15.3 Å². The molecule has 1 N–H and O–H groups in total. The largest absolute Gasteiger partial charge is 0.314 e. The van der Waals surface area contributed by atoms with Gasteiger partial charge in [-0.3, -0.25) is 0 Å². The quantitative estimate of drug-likeness (QED) is 0.690. The van der Waals surface area contributed by atoms with Gasteiger partial charge in [0.05, 0.1) is 0 Å². The Balaban J connectivity index is 2.42. The molecule has 12 heavy (non-hydrogen) atoms. The number of rotatable bonds is 3. The molecule has 0 unspecified atom stereocenters. The van der Waals surface area contributed by atoms with Gasteiger partial charge in [0, 0.05) is 5.54 Å². The van der Waals surface area contributed by atoms with Gasteiger partial charge >= 0.3 is 0 Å². The van der Waals surface area contributed by atoms with Gasteiger partial charge < -0.3 is 10.2 Å². The first kappa shape index (κ1) is 10.0. The van der Waals surface area contributed by atoms with Crippen molar-refractivity contribution in [3.05, 3.63) is 0 Å². The third-order valence-corrected chi connectivity index (χ3v) is 3.47. The molecule has 0 saturated carbocycles. The van der Waals surface area contributed by atoms with E-state index in [1.807, 2.05) is 0 Å². The molecule has 0 aromatic rings. The summed E-state index contributed by atoms with van der Waals surface area (Å²) in [4.78, 5) is 2.53. The summed E-state index contributed by atoms with van der Waals surface area (Å²) >= 11 is 0. The highest BCUT2D eigenvalue weighted by Crippen LogP contribution is 2.24. The fourth-order valence-electron chi connectivity index (χ4n) is 2.08. The summed E-state index contributed by atoms with van der Waals surface area (Å²) in [5.74, 6) is 0. The van der Waals surface area contributed by atoms with E-state index in [2.05, 4.69) is 31.1 Å². The summed E-state index contributed by atoms with van der Waals surface area (Å²) in [6.45, 7) is 8.29. The molecule has 0 atom stereocenters.